The second-order valence-electron chi connectivity index (χ2n) is 3.30. The molecule has 0 aliphatic carbocycles. The molecule has 1 heteroatoms. The minimum Gasteiger partial charge on any atom is -0.378 e. The van der Waals surface area contributed by atoms with Gasteiger partial charge in [0.1, 0.15) is 0 Å². The van der Waals surface area contributed by atoms with Gasteiger partial charge >= 0.3 is 0 Å². The van der Waals surface area contributed by atoms with Crippen molar-refractivity contribution in [2.75, 3.05) is 6.61 Å². The molecule has 0 N–H and O–H groups in total. The van der Waals surface area contributed by atoms with Crippen LogP contribution >= 0.6 is 0 Å². The van der Waals surface area contributed by atoms with Gasteiger partial charge in [0.25, 0.3) is 0 Å². The molecule has 0 spiro atoms. The molecule has 1 atom stereocenters. The summed E-state index contributed by atoms with van der Waals surface area (Å²) in [5.41, 5.74) is 1.33. The minimum atomic E-state index is 0.483. The maximum absolute atomic E-state index is 5.59. The standard InChI is InChI=1S/C10H18O/c1-3-9(2)8-10-6-4-5-7-11-10/h10H,2-8H2,1H3. The third-order valence-corrected chi connectivity index (χ3v) is 2.29. The molecule has 1 heterocycles. The molecule has 1 nitrogen and oxygen atoms in total. The molecule has 0 aromatic heterocycles. The van der Waals surface area contributed by atoms with Crippen LogP contribution in [0, 0.1) is 0 Å². The molecule has 64 valence electrons. The van der Waals surface area contributed by atoms with Gasteiger partial charge in [-0.15, -0.1) is 0 Å². The van der Waals surface area contributed by atoms with E-state index in [1.807, 2.05) is 0 Å². The highest BCUT2D eigenvalue weighted by Crippen LogP contribution is 2.19. The second-order valence-corrected chi connectivity index (χ2v) is 3.30. The Morgan fingerprint density at radius 1 is 1.55 bits per heavy atom. The monoisotopic (exact) mass is 154 g/mol. The van der Waals surface area contributed by atoms with Crippen molar-refractivity contribution in [3.63, 3.8) is 0 Å². The van der Waals surface area contributed by atoms with Crippen LogP contribution in [0.4, 0.5) is 0 Å². The van der Waals surface area contributed by atoms with E-state index in [2.05, 4.69) is 13.5 Å². The van der Waals surface area contributed by atoms with Gasteiger partial charge in [-0.1, -0.05) is 19.1 Å². The van der Waals surface area contributed by atoms with Crippen LogP contribution in [0.1, 0.15) is 39.0 Å². The van der Waals surface area contributed by atoms with E-state index in [4.69, 9.17) is 4.74 Å². The fourth-order valence-corrected chi connectivity index (χ4v) is 1.43. The molecule has 1 aliphatic heterocycles. The summed E-state index contributed by atoms with van der Waals surface area (Å²) in [6, 6.07) is 0. The highest BCUT2D eigenvalue weighted by molar-refractivity contribution is 4.95. The van der Waals surface area contributed by atoms with Crippen molar-refractivity contribution in [3.8, 4) is 0 Å². The Bertz CT molecular complexity index is 123. The van der Waals surface area contributed by atoms with Gasteiger partial charge in [-0.25, -0.2) is 0 Å². The predicted octanol–water partition coefficient (Wildman–Crippen LogP) is 2.91. The van der Waals surface area contributed by atoms with Crippen molar-refractivity contribution < 1.29 is 4.74 Å². The average Bonchev–Trinajstić information content (AvgIpc) is 2.06. The zero-order valence-electron chi connectivity index (χ0n) is 7.44. The SMILES string of the molecule is C=C(CC)CC1CCCCO1. The van der Waals surface area contributed by atoms with Crippen molar-refractivity contribution in [2.45, 2.75) is 45.1 Å². The molecule has 0 aromatic carbocycles. The fraction of sp³-hybridized carbons (Fsp3) is 0.800. The largest absolute Gasteiger partial charge is 0.378 e. The molecular weight excluding hydrogens is 136 g/mol. The average molecular weight is 154 g/mol. The second kappa shape index (κ2) is 4.55. The van der Waals surface area contributed by atoms with Crippen LogP contribution in [-0.4, -0.2) is 12.7 Å². The van der Waals surface area contributed by atoms with Gasteiger partial charge in [-0.3, -0.25) is 0 Å². The Hall–Kier alpha value is -0.300. The number of ether oxygens (including phenoxy) is 1. The molecule has 0 amide bonds. The molecule has 1 aliphatic rings. The van der Waals surface area contributed by atoms with Crippen molar-refractivity contribution in [1.82, 2.24) is 0 Å². The fourth-order valence-electron chi connectivity index (χ4n) is 1.43. The lowest BCUT2D eigenvalue weighted by Crippen LogP contribution is -2.19. The molecule has 0 saturated carbocycles. The Morgan fingerprint density at radius 2 is 2.36 bits per heavy atom. The Kier molecular flexibility index (Phi) is 3.64. The highest BCUT2D eigenvalue weighted by Gasteiger charge is 2.13. The normalized spacial score (nSPS) is 25.0. The van der Waals surface area contributed by atoms with Crippen molar-refractivity contribution >= 4 is 0 Å². The van der Waals surface area contributed by atoms with Crippen LogP contribution in [0.15, 0.2) is 12.2 Å². The van der Waals surface area contributed by atoms with Gasteiger partial charge in [0.2, 0.25) is 0 Å². The zero-order chi connectivity index (χ0) is 8.10. The Balaban J connectivity index is 2.19. The molecule has 0 radical (unpaired) electrons. The lowest BCUT2D eigenvalue weighted by atomic mass is 10.0. The third kappa shape index (κ3) is 3.06. The van der Waals surface area contributed by atoms with E-state index in [1.54, 1.807) is 0 Å². The van der Waals surface area contributed by atoms with Crippen LogP contribution in [-0.2, 0) is 4.74 Å². The Labute approximate surface area is 69.4 Å². The van der Waals surface area contributed by atoms with Gasteiger partial charge in [0.05, 0.1) is 6.10 Å². The van der Waals surface area contributed by atoms with Crippen LogP contribution < -0.4 is 0 Å². The summed E-state index contributed by atoms with van der Waals surface area (Å²) in [7, 11) is 0. The molecule has 11 heavy (non-hydrogen) atoms. The summed E-state index contributed by atoms with van der Waals surface area (Å²) in [4.78, 5) is 0. The number of hydrogen-bond acceptors (Lipinski definition) is 1. The minimum absolute atomic E-state index is 0.483. The van der Waals surface area contributed by atoms with E-state index in [0.717, 1.165) is 19.4 Å². The highest BCUT2D eigenvalue weighted by atomic mass is 16.5. The van der Waals surface area contributed by atoms with E-state index in [0.29, 0.717) is 6.10 Å². The summed E-state index contributed by atoms with van der Waals surface area (Å²) in [5, 5.41) is 0. The molecular formula is C10H18O. The first-order valence-corrected chi connectivity index (χ1v) is 4.61. The Morgan fingerprint density at radius 3 is 2.91 bits per heavy atom. The van der Waals surface area contributed by atoms with Gasteiger partial charge in [0.15, 0.2) is 0 Å². The zero-order valence-corrected chi connectivity index (χ0v) is 7.44. The summed E-state index contributed by atoms with van der Waals surface area (Å²) >= 11 is 0. The first-order valence-electron chi connectivity index (χ1n) is 4.61. The lowest BCUT2D eigenvalue weighted by molar-refractivity contribution is 0.0165. The summed E-state index contributed by atoms with van der Waals surface area (Å²) in [6.45, 7) is 7.11. The van der Waals surface area contributed by atoms with Crippen LogP contribution in [0.3, 0.4) is 0 Å². The molecule has 1 saturated heterocycles. The van der Waals surface area contributed by atoms with E-state index >= 15 is 0 Å². The van der Waals surface area contributed by atoms with E-state index < -0.39 is 0 Å². The smallest absolute Gasteiger partial charge is 0.0612 e. The van der Waals surface area contributed by atoms with E-state index in [1.165, 1.54) is 24.8 Å². The topological polar surface area (TPSA) is 9.23 Å². The van der Waals surface area contributed by atoms with Crippen LogP contribution in [0.25, 0.3) is 0 Å². The first kappa shape index (κ1) is 8.79. The van der Waals surface area contributed by atoms with Gasteiger partial charge in [0, 0.05) is 6.61 Å². The van der Waals surface area contributed by atoms with Gasteiger partial charge in [-0.2, -0.15) is 0 Å². The summed E-state index contributed by atoms with van der Waals surface area (Å²) in [5.74, 6) is 0. The number of hydrogen-bond donors (Lipinski definition) is 0. The maximum Gasteiger partial charge on any atom is 0.0612 e. The van der Waals surface area contributed by atoms with Crippen LogP contribution in [0.5, 0.6) is 0 Å². The molecule has 1 fully saturated rings. The molecule has 0 bridgehead atoms. The first-order chi connectivity index (χ1) is 5.33. The molecule has 0 aromatic rings. The van der Waals surface area contributed by atoms with Gasteiger partial charge in [-0.05, 0) is 32.1 Å². The van der Waals surface area contributed by atoms with Crippen molar-refractivity contribution in [2.24, 2.45) is 0 Å². The summed E-state index contributed by atoms with van der Waals surface area (Å²) in [6.07, 6.45) is 6.47. The lowest BCUT2D eigenvalue weighted by Gasteiger charge is -2.22. The molecule has 1 unspecified atom stereocenters. The van der Waals surface area contributed by atoms with Crippen molar-refractivity contribution in [1.29, 1.82) is 0 Å². The van der Waals surface area contributed by atoms with E-state index in [9.17, 15) is 0 Å². The van der Waals surface area contributed by atoms with E-state index in [-0.39, 0.29) is 0 Å². The quantitative estimate of drug-likeness (QED) is 0.568. The van der Waals surface area contributed by atoms with Crippen LogP contribution in [0.2, 0.25) is 0 Å². The summed E-state index contributed by atoms with van der Waals surface area (Å²) < 4.78 is 5.59. The maximum atomic E-state index is 5.59. The van der Waals surface area contributed by atoms with Gasteiger partial charge < -0.3 is 4.74 Å². The molecule has 1 rings (SSSR count). The predicted molar refractivity (Wildman–Crippen MR) is 47.6 cm³/mol. The number of rotatable bonds is 3. The van der Waals surface area contributed by atoms with Crippen molar-refractivity contribution in [3.05, 3.63) is 12.2 Å². The third-order valence-electron chi connectivity index (χ3n) is 2.29.